The molecule has 0 saturated carbocycles. The van der Waals surface area contributed by atoms with Gasteiger partial charge >= 0.3 is 5.97 Å². The predicted molar refractivity (Wildman–Crippen MR) is 100 cm³/mol. The molecular formula is C21H24N2O2. The van der Waals surface area contributed by atoms with E-state index in [9.17, 15) is 4.79 Å². The summed E-state index contributed by atoms with van der Waals surface area (Å²) in [6.07, 6.45) is 5.03. The standard InChI is InChI=1S/C21H24N2O2/c1-5-10-18-19(11-6-2)23(14-17-12-8-7-9-13-17)20(22-18)15-25-21(24)16(3)4/h5-9,12-13H,1-3,10-11,14-15H2,4H3. The Kier molecular flexibility index (Phi) is 6.52. The SMILES string of the molecule is C=CCc1nc(COC(=O)C(=C)C)n(Cc2ccccc2)c1CC=C. The highest BCUT2D eigenvalue weighted by Crippen LogP contribution is 2.18. The summed E-state index contributed by atoms with van der Waals surface area (Å²) in [6.45, 7) is 13.7. The maximum Gasteiger partial charge on any atom is 0.333 e. The van der Waals surface area contributed by atoms with Gasteiger partial charge in [-0.3, -0.25) is 0 Å². The molecule has 0 radical (unpaired) electrons. The Hall–Kier alpha value is -2.88. The van der Waals surface area contributed by atoms with Crippen molar-refractivity contribution < 1.29 is 9.53 Å². The van der Waals surface area contributed by atoms with E-state index in [1.807, 2.05) is 30.4 Å². The van der Waals surface area contributed by atoms with E-state index in [-0.39, 0.29) is 6.61 Å². The first-order valence-electron chi connectivity index (χ1n) is 8.22. The molecule has 0 aliphatic heterocycles. The molecule has 1 heterocycles. The topological polar surface area (TPSA) is 44.1 Å². The van der Waals surface area contributed by atoms with Gasteiger partial charge in [0.05, 0.1) is 5.69 Å². The summed E-state index contributed by atoms with van der Waals surface area (Å²) >= 11 is 0. The summed E-state index contributed by atoms with van der Waals surface area (Å²) in [5, 5.41) is 0. The molecule has 2 aromatic rings. The van der Waals surface area contributed by atoms with Crippen molar-refractivity contribution in [3.05, 3.63) is 90.6 Å². The zero-order valence-corrected chi connectivity index (χ0v) is 14.7. The van der Waals surface area contributed by atoms with E-state index in [4.69, 9.17) is 4.74 Å². The molecule has 4 heteroatoms. The number of aromatic nitrogens is 2. The average molecular weight is 336 g/mol. The van der Waals surface area contributed by atoms with Gasteiger partial charge in [-0.25, -0.2) is 9.78 Å². The number of carbonyl (C=O) groups is 1. The molecule has 2 rings (SSSR count). The Bertz CT molecular complexity index is 773. The third-order valence-corrected chi connectivity index (χ3v) is 3.77. The second-order valence-corrected chi connectivity index (χ2v) is 5.84. The number of carbonyl (C=O) groups excluding carboxylic acids is 1. The lowest BCUT2D eigenvalue weighted by molar-refractivity contribution is -0.140. The van der Waals surface area contributed by atoms with Gasteiger partial charge < -0.3 is 9.30 Å². The monoisotopic (exact) mass is 336 g/mol. The third-order valence-electron chi connectivity index (χ3n) is 3.77. The molecule has 0 fully saturated rings. The van der Waals surface area contributed by atoms with Crippen LogP contribution < -0.4 is 0 Å². The van der Waals surface area contributed by atoms with E-state index in [1.54, 1.807) is 6.92 Å². The minimum Gasteiger partial charge on any atom is -0.454 e. The average Bonchev–Trinajstić information content (AvgIpc) is 2.91. The summed E-state index contributed by atoms with van der Waals surface area (Å²) in [6, 6.07) is 10.1. The number of rotatable bonds is 9. The quantitative estimate of drug-likeness (QED) is 0.395. The molecule has 0 bridgehead atoms. The van der Waals surface area contributed by atoms with Gasteiger partial charge in [0.1, 0.15) is 12.4 Å². The minimum absolute atomic E-state index is 0.111. The number of ether oxygens (including phenoxy) is 1. The predicted octanol–water partition coefficient (Wildman–Crippen LogP) is 4.01. The van der Waals surface area contributed by atoms with Crippen LogP contribution in [0.15, 0.2) is 67.8 Å². The van der Waals surface area contributed by atoms with Crippen molar-refractivity contribution in [2.24, 2.45) is 0 Å². The number of esters is 1. The lowest BCUT2D eigenvalue weighted by atomic mass is 10.1. The van der Waals surface area contributed by atoms with Crippen LogP contribution in [0.2, 0.25) is 0 Å². The molecule has 4 nitrogen and oxygen atoms in total. The van der Waals surface area contributed by atoms with Gasteiger partial charge in [-0.15, -0.1) is 13.2 Å². The van der Waals surface area contributed by atoms with E-state index < -0.39 is 5.97 Å². The Balaban J connectivity index is 2.38. The van der Waals surface area contributed by atoms with Gasteiger partial charge in [0.2, 0.25) is 0 Å². The molecule has 25 heavy (non-hydrogen) atoms. The molecule has 0 saturated heterocycles. The highest BCUT2D eigenvalue weighted by Gasteiger charge is 2.17. The summed E-state index contributed by atoms with van der Waals surface area (Å²) in [5.74, 6) is 0.303. The molecule has 0 atom stereocenters. The fraction of sp³-hybridized carbons (Fsp3) is 0.238. The summed E-state index contributed by atoms with van der Waals surface area (Å²) in [7, 11) is 0. The van der Waals surface area contributed by atoms with Crippen LogP contribution in [0.3, 0.4) is 0 Å². The van der Waals surface area contributed by atoms with Crippen LogP contribution in [0.25, 0.3) is 0 Å². The van der Waals surface area contributed by atoms with Crippen LogP contribution in [0.4, 0.5) is 0 Å². The fourth-order valence-electron chi connectivity index (χ4n) is 2.57. The van der Waals surface area contributed by atoms with Gasteiger partial charge in [0.15, 0.2) is 0 Å². The smallest absolute Gasteiger partial charge is 0.333 e. The fourth-order valence-corrected chi connectivity index (χ4v) is 2.57. The Labute approximate surface area is 149 Å². The lowest BCUT2D eigenvalue weighted by Crippen LogP contribution is -2.12. The number of benzene rings is 1. The number of hydrogen-bond acceptors (Lipinski definition) is 3. The van der Waals surface area contributed by atoms with Crippen molar-refractivity contribution in [2.75, 3.05) is 0 Å². The van der Waals surface area contributed by atoms with Gasteiger partial charge in [-0.05, 0) is 12.5 Å². The van der Waals surface area contributed by atoms with Crippen molar-refractivity contribution in [3.8, 4) is 0 Å². The van der Waals surface area contributed by atoms with Crippen LogP contribution in [0, 0.1) is 0 Å². The van der Waals surface area contributed by atoms with Crippen molar-refractivity contribution in [1.82, 2.24) is 9.55 Å². The number of allylic oxidation sites excluding steroid dienone is 2. The van der Waals surface area contributed by atoms with Crippen molar-refractivity contribution in [3.63, 3.8) is 0 Å². The number of imidazole rings is 1. The Morgan fingerprint density at radius 1 is 1.20 bits per heavy atom. The Morgan fingerprint density at radius 3 is 2.48 bits per heavy atom. The third kappa shape index (κ3) is 4.80. The van der Waals surface area contributed by atoms with Crippen LogP contribution in [0.5, 0.6) is 0 Å². The molecule has 1 aromatic heterocycles. The number of nitrogens with zero attached hydrogens (tertiary/aromatic N) is 2. The first-order valence-corrected chi connectivity index (χ1v) is 8.22. The van der Waals surface area contributed by atoms with Gasteiger partial charge in [0.25, 0.3) is 0 Å². The second kappa shape index (κ2) is 8.83. The maximum atomic E-state index is 11.7. The molecule has 0 N–H and O–H groups in total. The van der Waals surface area contributed by atoms with Gasteiger partial charge in [0, 0.05) is 30.7 Å². The number of hydrogen-bond donors (Lipinski definition) is 0. The van der Waals surface area contributed by atoms with Crippen molar-refractivity contribution in [1.29, 1.82) is 0 Å². The van der Waals surface area contributed by atoms with Crippen molar-refractivity contribution >= 4 is 5.97 Å². The second-order valence-electron chi connectivity index (χ2n) is 5.84. The highest BCUT2D eigenvalue weighted by molar-refractivity contribution is 5.86. The lowest BCUT2D eigenvalue weighted by Gasteiger charge is -2.12. The maximum absolute atomic E-state index is 11.7. The first kappa shape index (κ1) is 18.5. The van der Waals surface area contributed by atoms with Crippen LogP contribution in [-0.2, 0) is 35.5 Å². The van der Waals surface area contributed by atoms with Crippen molar-refractivity contribution in [2.45, 2.75) is 32.9 Å². The van der Waals surface area contributed by atoms with E-state index in [2.05, 4.69) is 41.4 Å². The van der Waals surface area contributed by atoms with Crippen LogP contribution >= 0.6 is 0 Å². The molecule has 0 aliphatic carbocycles. The van der Waals surface area contributed by atoms with E-state index in [1.165, 1.54) is 0 Å². The molecule has 0 unspecified atom stereocenters. The van der Waals surface area contributed by atoms with Crippen LogP contribution in [-0.4, -0.2) is 15.5 Å². The van der Waals surface area contributed by atoms with Gasteiger partial charge in [-0.2, -0.15) is 0 Å². The molecule has 1 aromatic carbocycles. The normalized spacial score (nSPS) is 10.3. The van der Waals surface area contributed by atoms with Crippen LogP contribution in [0.1, 0.15) is 29.7 Å². The zero-order chi connectivity index (χ0) is 18.2. The van der Waals surface area contributed by atoms with E-state index in [0.29, 0.717) is 30.8 Å². The van der Waals surface area contributed by atoms with E-state index in [0.717, 1.165) is 17.0 Å². The zero-order valence-electron chi connectivity index (χ0n) is 14.7. The molecule has 130 valence electrons. The molecule has 0 spiro atoms. The Morgan fingerprint density at radius 2 is 1.88 bits per heavy atom. The highest BCUT2D eigenvalue weighted by atomic mass is 16.5. The summed E-state index contributed by atoms with van der Waals surface area (Å²) in [4.78, 5) is 16.4. The van der Waals surface area contributed by atoms with Gasteiger partial charge in [-0.1, -0.05) is 49.1 Å². The minimum atomic E-state index is -0.412. The summed E-state index contributed by atoms with van der Waals surface area (Å²) < 4.78 is 7.42. The van der Waals surface area contributed by atoms with E-state index >= 15 is 0 Å². The molecule has 0 aliphatic rings. The molecule has 0 amide bonds. The molecular weight excluding hydrogens is 312 g/mol. The first-order chi connectivity index (χ1) is 12.1. The largest absolute Gasteiger partial charge is 0.454 e. The summed E-state index contributed by atoms with van der Waals surface area (Å²) in [5.41, 5.74) is 3.54.